The number of nitrogens with one attached hydrogen (secondary N) is 1. The van der Waals surface area contributed by atoms with Crippen molar-refractivity contribution < 1.29 is 19.8 Å². The van der Waals surface area contributed by atoms with Crippen LogP contribution < -0.4 is 10.2 Å². The highest BCUT2D eigenvalue weighted by Gasteiger charge is 2.32. The van der Waals surface area contributed by atoms with Gasteiger partial charge in [-0.2, -0.15) is 0 Å². The van der Waals surface area contributed by atoms with Crippen molar-refractivity contribution in [2.45, 2.75) is 77.8 Å². The van der Waals surface area contributed by atoms with Crippen molar-refractivity contribution >= 4 is 17.6 Å². The largest absolute Gasteiger partial charge is 0.507 e. The van der Waals surface area contributed by atoms with Crippen LogP contribution in [0.2, 0.25) is 0 Å². The van der Waals surface area contributed by atoms with Gasteiger partial charge in [-0.1, -0.05) is 32.4 Å². The van der Waals surface area contributed by atoms with E-state index in [1.165, 1.54) is 0 Å². The summed E-state index contributed by atoms with van der Waals surface area (Å²) >= 11 is 0. The molecule has 1 amide bonds. The van der Waals surface area contributed by atoms with Gasteiger partial charge >= 0.3 is 5.97 Å². The Hall–Kier alpha value is -2.60. The Morgan fingerprint density at radius 3 is 2.59 bits per heavy atom. The normalized spacial score (nSPS) is 15.2. The molecule has 1 aliphatic heterocycles. The SMILES string of the molecule is C=CCc1cc2c(c(CC=C)c1O)CCC(=O)N2C(CCC)NCCCC(C)CC(=O)O. The minimum absolute atomic E-state index is 0.0856. The zero-order valence-electron chi connectivity index (χ0n) is 19.5. The number of anilines is 1. The molecule has 1 aromatic carbocycles. The second-order valence-corrected chi connectivity index (χ2v) is 8.71. The summed E-state index contributed by atoms with van der Waals surface area (Å²) in [5, 5.41) is 23.3. The molecule has 0 radical (unpaired) electrons. The molecule has 0 saturated carbocycles. The Labute approximate surface area is 192 Å². The maximum atomic E-state index is 13.1. The Morgan fingerprint density at radius 2 is 1.97 bits per heavy atom. The van der Waals surface area contributed by atoms with E-state index in [4.69, 9.17) is 5.11 Å². The lowest BCUT2D eigenvalue weighted by atomic mass is 9.89. The van der Waals surface area contributed by atoms with E-state index in [1.54, 1.807) is 12.2 Å². The van der Waals surface area contributed by atoms with Crippen LogP contribution in [0.1, 0.15) is 69.1 Å². The molecule has 2 rings (SSSR count). The van der Waals surface area contributed by atoms with Gasteiger partial charge in [-0.25, -0.2) is 0 Å². The maximum absolute atomic E-state index is 13.1. The van der Waals surface area contributed by atoms with Crippen molar-refractivity contribution in [1.82, 2.24) is 5.32 Å². The number of carboxylic acid groups (broad SMARTS) is 1. The number of amides is 1. The molecule has 0 aliphatic carbocycles. The summed E-state index contributed by atoms with van der Waals surface area (Å²) in [4.78, 5) is 25.8. The molecule has 32 heavy (non-hydrogen) atoms. The van der Waals surface area contributed by atoms with Crippen molar-refractivity contribution in [2.24, 2.45) is 5.92 Å². The predicted molar refractivity (Wildman–Crippen MR) is 129 cm³/mol. The third-order valence-corrected chi connectivity index (χ3v) is 6.05. The number of fused-ring (bicyclic) bond motifs is 1. The number of hydrogen-bond acceptors (Lipinski definition) is 4. The first-order valence-corrected chi connectivity index (χ1v) is 11.7. The molecular formula is C26H38N2O4. The maximum Gasteiger partial charge on any atom is 0.303 e. The van der Waals surface area contributed by atoms with E-state index >= 15 is 0 Å². The summed E-state index contributed by atoms with van der Waals surface area (Å²) in [6.45, 7) is 12.4. The number of carbonyl (C=O) groups excluding carboxylic acids is 1. The highest BCUT2D eigenvalue weighted by atomic mass is 16.4. The number of nitrogens with zero attached hydrogens (tertiary/aromatic N) is 1. The highest BCUT2D eigenvalue weighted by molar-refractivity contribution is 5.97. The zero-order chi connectivity index (χ0) is 23.7. The Bertz CT molecular complexity index is 834. The molecule has 1 aromatic rings. The fraction of sp³-hybridized carbons (Fsp3) is 0.538. The number of aliphatic carboxylic acids is 1. The zero-order valence-corrected chi connectivity index (χ0v) is 19.5. The molecule has 2 atom stereocenters. The number of carboxylic acids is 1. The highest BCUT2D eigenvalue weighted by Crippen LogP contribution is 2.40. The summed E-state index contributed by atoms with van der Waals surface area (Å²) in [6.07, 6.45) is 9.09. The van der Waals surface area contributed by atoms with Crippen LogP contribution in [0.3, 0.4) is 0 Å². The van der Waals surface area contributed by atoms with E-state index in [9.17, 15) is 14.7 Å². The quantitative estimate of drug-likeness (QED) is 0.286. The number of hydrogen-bond donors (Lipinski definition) is 3. The fourth-order valence-electron chi connectivity index (χ4n) is 4.52. The van der Waals surface area contributed by atoms with Crippen LogP contribution in [-0.2, 0) is 28.9 Å². The molecule has 0 spiro atoms. The van der Waals surface area contributed by atoms with Crippen molar-refractivity contribution in [3.05, 3.63) is 48.1 Å². The van der Waals surface area contributed by atoms with E-state index in [0.717, 1.165) is 48.1 Å². The molecule has 0 fully saturated rings. The van der Waals surface area contributed by atoms with Crippen molar-refractivity contribution in [3.63, 3.8) is 0 Å². The first kappa shape index (κ1) is 25.7. The van der Waals surface area contributed by atoms with Gasteiger partial charge < -0.3 is 10.2 Å². The number of rotatable bonds is 14. The van der Waals surface area contributed by atoms with Gasteiger partial charge in [0.2, 0.25) is 5.91 Å². The molecule has 176 valence electrons. The molecule has 3 N–H and O–H groups in total. The molecule has 2 unspecified atom stereocenters. The van der Waals surface area contributed by atoms with E-state index in [1.807, 2.05) is 17.9 Å². The van der Waals surface area contributed by atoms with Crippen LogP contribution in [0.4, 0.5) is 5.69 Å². The van der Waals surface area contributed by atoms with Crippen LogP contribution in [0.5, 0.6) is 5.75 Å². The summed E-state index contributed by atoms with van der Waals surface area (Å²) < 4.78 is 0. The van der Waals surface area contributed by atoms with Crippen LogP contribution >= 0.6 is 0 Å². The number of aromatic hydroxyl groups is 1. The molecule has 0 aromatic heterocycles. The average Bonchev–Trinajstić information content (AvgIpc) is 2.73. The average molecular weight is 443 g/mol. The van der Waals surface area contributed by atoms with Crippen LogP contribution in [0.25, 0.3) is 0 Å². The lowest BCUT2D eigenvalue weighted by Crippen LogP contribution is -2.51. The van der Waals surface area contributed by atoms with Gasteiger partial charge in [-0.3, -0.25) is 19.8 Å². The number of allylic oxidation sites excluding steroid dienone is 2. The van der Waals surface area contributed by atoms with Crippen molar-refractivity contribution in [3.8, 4) is 5.75 Å². The van der Waals surface area contributed by atoms with E-state index in [0.29, 0.717) is 32.2 Å². The second kappa shape index (κ2) is 12.4. The van der Waals surface area contributed by atoms with Gasteiger partial charge in [0.05, 0.1) is 6.17 Å². The minimum atomic E-state index is -0.765. The first-order chi connectivity index (χ1) is 15.3. The van der Waals surface area contributed by atoms with Crippen LogP contribution in [0, 0.1) is 5.92 Å². The summed E-state index contributed by atoms with van der Waals surface area (Å²) in [7, 11) is 0. The number of benzene rings is 1. The smallest absolute Gasteiger partial charge is 0.303 e. The van der Waals surface area contributed by atoms with E-state index < -0.39 is 5.97 Å². The third kappa shape index (κ3) is 6.45. The Balaban J connectivity index is 2.29. The molecular weight excluding hydrogens is 404 g/mol. The van der Waals surface area contributed by atoms with Gasteiger partial charge in [0.1, 0.15) is 5.75 Å². The van der Waals surface area contributed by atoms with Gasteiger partial charge in [0.15, 0.2) is 0 Å². The van der Waals surface area contributed by atoms with Gasteiger partial charge in [-0.05, 0) is 68.2 Å². The lowest BCUT2D eigenvalue weighted by molar-refractivity contribution is -0.138. The molecule has 0 bridgehead atoms. The van der Waals surface area contributed by atoms with Gasteiger partial charge in [-0.15, -0.1) is 13.2 Å². The summed E-state index contributed by atoms with van der Waals surface area (Å²) in [5.41, 5.74) is 3.52. The monoisotopic (exact) mass is 442 g/mol. The van der Waals surface area contributed by atoms with E-state index in [2.05, 4.69) is 25.4 Å². The molecule has 0 saturated heterocycles. The molecule has 6 heteroatoms. The molecule has 6 nitrogen and oxygen atoms in total. The Kier molecular flexibility index (Phi) is 9.97. The van der Waals surface area contributed by atoms with Gasteiger partial charge in [0, 0.05) is 24.1 Å². The number of phenolic OH excluding ortho intramolecular Hbond substituents is 1. The molecule has 1 heterocycles. The Morgan fingerprint density at radius 1 is 1.25 bits per heavy atom. The van der Waals surface area contributed by atoms with Crippen molar-refractivity contribution in [1.29, 1.82) is 0 Å². The van der Waals surface area contributed by atoms with Crippen LogP contribution in [-0.4, -0.2) is 34.8 Å². The minimum Gasteiger partial charge on any atom is -0.507 e. The number of carbonyl (C=O) groups is 2. The first-order valence-electron chi connectivity index (χ1n) is 11.7. The van der Waals surface area contributed by atoms with E-state index in [-0.39, 0.29) is 30.2 Å². The third-order valence-electron chi connectivity index (χ3n) is 6.05. The standard InChI is InChI=1S/C26H38N2O4/c1-5-9-19-17-22-20(21(10-6-2)26(19)32)13-14-24(29)28(22)23(11-7-3)27-15-8-12-18(4)16-25(30)31/h5-6,17-18,23,27,32H,1-2,7-16H2,3-4H3,(H,30,31). The van der Waals surface area contributed by atoms with Gasteiger partial charge in [0.25, 0.3) is 0 Å². The van der Waals surface area contributed by atoms with Crippen LogP contribution in [0.15, 0.2) is 31.4 Å². The fourth-order valence-corrected chi connectivity index (χ4v) is 4.52. The van der Waals surface area contributed by atoms with Crippen molar-refractivity contribution in [2.75, 3.05) is 11.4 Å². The molecule has 1 aliphatic rings. The lowest BCUT2D eigenvalue weighted by Gasteiger charge is -2.38. The second-order valence-electron chi connectivity index (χ2n) is 8.71. The summed E-state index contributed by atoms with van der Waals surface area (Å²) in [5.74, 6) is -0.270. The topological polar surface area (TPSA) is 89.9 Å². The summed E-state index contributed by atoms with van der Waals surface area (Å²) in [6, 6.07) is 1.94. The predicted octanol–water partition coefficient (Wildman–Crippen LogP) is 4.74. The number of phenols is 1.